The number of nitriles is 2. The Morgan fingerprint density at radius 2 is 1.79 bits per heavy atom. The number of nitrogens with zero attached hydrogens (tertiary/aromatic N) is 3. The van der Waals surface area contributed by atoms with Crippen LogP contribution in [0.1, 0.15) is 51.0 Å². The molecule has 7 heteroatoms. The topological polar surface area (TPSA) is 104 Å². The van der Waals surface area contributed by atoms with E-state index in [9.17, 15) is 14.9 Å². The van der Waals surface area contributed by atoms with E-state index in [0.29, 0.717) is 18.8 Å². The number of amidine groups is 1. The molecule has 6 nitrogen and oxygen atoms in total. The fraction of sp³-hybridized carbons (Fsp3) is 0.571. The number of fused-ring (bicyclic) bond motifs is 1. The van der Waals surface area contributed by atoms with Crippen molar-refractivity contribution in [3.63, 3.8) is 0 Å². The summed E-state index contributed by atoms with van der Waals surface area (Å²) in [5.74, 6) is -2.77. The van der Waals surface area contributed by atoms with E-state index in [4.69, 9.17) is 15.2 Å². The summed E-state index contributed by atoms with van der Waals surface area (Å²) in [4.78, 5) is 4.39. The quantitative estimate of drug-likeness (QED) is 0.517. The molecule has 1 aromatic carbocycles. The van der Waals surface area contributed by atoms with Crippen LogP contribution in [0.4, 0.5) is 4.39 Å². The van der Waals surface area contributed by atoms with Crippen molar-refractivity contribution >= 4 is 5.84 Å². The zero-order valence-corrected chi connectivity index (χ0v) is 16.2. The molecule has 1 aliphatic carbocycles. The Morgan fingerprint density at radius 3 is 2.29 bits per heavy atom. The van der Waals surface area contributed by atoms with Gasteiger partial charge in [0.25, 0.3) is 5.91 Å². The molecule has 2 N–H and O–H groups in total. The average Bonchev–Trinajstić information content (AvgIpc) is 3.27. The van der Waals surface area contributed by atoms with Gasteiger partial charge in [0.05, 0.1) is 25.4 Å². The summed E-state index contributed by atoms with van der Waals surface area (Å²) in [6, 6.07) is 10.4. The van der Waals surface area contributed by atoms with Gasteiger partial charge in [-0.15, -0.1) is 0 Å². The van der Waals surface area contributed by atoms with Crippen molar-refractivity contribution in [1.29, 1.82) is 10.5 Å². The zero-order chi connectivity index (χ0) is 20.4. The van der Waals surface area contributed by atoms with Gasteiger partial charge in [0.1, 0.15) is 17.1 Å². The number of ether oxygens (including phenoxy) is 2. The molecule has 0 spiro atoms. The third-order valence-electron chi connectivity index (χ3n) is 5.70. The Balaban J connectivity index is 2.10. The maximum atomic E-state index is 13.9. The summed E-state index contributed by atoms with van der Waals surface area (Å²) in [6.45, 7) is 4.68. The van der Waals surface area contributed by atoms with Crippen LogP contribution in [0.15, 0.2) is 29.3 Å². The average molecular weight is 384 g/mol. The summed E-state index contributed by atoms with van der Waals surface area (Å²) in [5, 5.41) is 20.3. The molecule has 28 heavy (non-hydrogen) atoms. The molecule has 0 radical (unpaired) electrons. The lowest BCUT2D eigenvalue weighted by atomic mass is 9.93. The Kier molecular flexibility index (Phi) is 5.43. The van der Waals surface area contributed by atoms with Crippen molar-refractivity contribution < 1.29 is 13.9 Å². The molecular weight excluding hydrogens is 359 g/mol. The summed E-state index contributed by atoms with van der Waals surface area (Å²) in [6.07, 6.45) is 3.28. The number of aliphatic imine (C=N–C) groups is 1. The Morgan fingerprint density at radius 1 is 1.14 bits per heavy atom. The molecule has 1 aliphatic heterocycles. The lowest BCUT2D eigenvalue weighted by Crippen LogP contribution is -2.44. The summed E-state index contributed by atoms with van der Waals surface area (Å²) in [7, 11) is 0. The van der Waals surface area contributed by atoms with Crippen molar-refractivity contribution in [3.05, 3.63) is 35.6 Å². The highest BCUT2D eigenvalue weighted by atomic mass is 19.1. The molecule has 1 fully saturated rings. The smallest absolute Gasteiger partial charge is 0.293 e. The zero-order valence-electron chi connectivity index (χ0n) is 16.2. The largest absolute Gasteiger partial charge is 0.386 e. The van der Waals surface area contributed by atoms with Crippen LogP contribution < -0.4 is 5.73 Å². The molecule has 2 aliphatic rings. The van der Waals surface area contributed by atoms with Crippen LogP contribution in [0, 0.1) is 39.3 Å². The third-order valence-corrected chi connectivity index (χ3v) is 5.70. The van der Waals surface area contributed by atoms with Crippen LogP contribution in [0.2, 0.25) is 0 Å². The lowest BCUT2D eigenvalue weighted by molar-refractivity contribution is -0.260. The van der Waals surface area contributed by atoms with Crippen molar-refractivity contribution in [2.24, 2.45) is 21.6 Å². The second kappa shape index (κ2) is 7.50. The molecule has 3 rings (SSSR count). The van der Waals surface area contributed by atoms with E-state index < -0.39 is 28.5 Å². The van der Waals surface area contributed by atoms with Gasteiger partial charge in [0.15, 0.2) is 5.41 Å². The molecular formula is C21H25FN4O2. The minimum Gasteiger partial charge on any atom is -0.386 e. The van der Waals surface area contributed by atoms with Gasteiger partial charge in [0.2, 0.25) is 0 Å². The first kappa shape index (κ1) is 20.3. The molecule has 3 unspecified atom stereocenters. The standard InChI is InChI=1S/C21H25FN4O2/c1-3-5-10-27-21(28-11-6-4-2)20(14-24)17(15-8-7-9-16(22)12-15)19(20,13-23)18(25)26-21/h7-9,12,17H,3-6,10-11H2,1-2H3,(H2,25,26). The van der Waals surface area contributed by atoms with Crippen LogP contribution in [0.3, 0.4) is 0 Å². The Labute approximate surface area is 164 Å². The van der Waals surface area contributed by atoms with Gasteiger partial charge in [0, 0.05) is 5.92 Å². The van der Waals surface area contributed by atoms with Gasteiger partial charge >= 0.3 is 0 Å². The maximum Gasteiger partial charge on any atom is 0.293 e. The molecule has 0 amide bonds. The number of halogens is 1. The molecule has 0 bridgehead atoms. The van der Waals surface area contributed by atoms with E-state index in [1.807, 2.05) is 13.8 Å². The van der Waals surface area contributed by atoms with Gasteiger partial charge in [-0.05, 0) is 30.5 Å². The van der Waals surface area contributed by atoms with Gasteiger partial charge < -0.3 is 15.2 Å². The number of hydrogen-bond acceptors (Lipinski definition) is 6. The Hall–Kier alpha value is -2.48. The highest BCUT2D eigenvalue weighted by Gasteiger charge is 2.93. The number of benzene rings is 1. The van der Waals surface area contributed by atoms with Crippen molar-refractivity contribution in [2.45, 2.75) is 51.4 Å². The molecule has 148 valence electrons. The van der Waals surface area contributed by atoms with Crippen LogP contribution in [-0.4, -0.2) is 25.0 Å². The van der Waals surface area contributed by atoms with Gasteiger partial charge in [-0.1, -0.05) is 38.8 Å². The monoisotopic (exact) mass is 384 g/mol. The van der Waals surface area contributed by atoms with Crippen molar-refractivity contribution in [2.75, 3.05) is 13.2 Å². The van der Waals surface area contributed by atoms with Gasteiger partial charge in [-0.2, -0.15) is 10.5 Å². The summed E-state index contributed by atoms with van der Waals surface area (Å²) in [5.41, 5.74) is 3.87. The van der Waals surface area contributed by atoms with E-state index in [0.717, 1.165) is 25.7 Å². The second-order valence-electron chi connectivity index (χ2n) is 7.31. The number of nitrogens with two attached hydrogens (primary N) is 1. The normalized spacial score (nSPS) is 29.5. The molecule has 3 atom stereocenters. The van der Waals surface area contributed by atoms with Gasteiger partial charge in [-0.3, -0.25) is 0 Å². The first-order valence-electron chi connectivity index (χ1n) is 9.71. The van der Waals surface area contributed by atoms with Gasteiger partial charge in [-0.25, -0.2) is 9.38 Å². The van der Waals surface area contributed by atoms with E-state index in [1.165, 1.54) is 12.1 Å². The number of rotatable bonds is 9. The van der Waals surface area contributed by atoms with Crippen LogP contribution in [0.5, 0.6) is 0 Å². The number of unbranched alkanes of at least 4 members (excludes halogenated alkanes) is 2. The molecule has 0 aromatic heterocycles. The predicted molar refractivity (Wildman–Crippen MR) is 101 cm³/mol. The van der Waals surface area contributed by atoms with E-state index in [1.54, 1.807) is 12.1 Å². The summed E-state index contributed by atoms with van der Waals surface area (Å²) >= 11 is 0. The predicted octanol–water partition coefficient (Wildman–Crippen LogP) is 3.60. The molecule has 1 aromatic rings. The highest BCUT2D eigenvalue weighted by Crippen LogP contribution is 2.82. The highest BCUT2D eigenvalue weighted by molar-refractivity contribution is 6.00. The Bertz CT molecular complexity index is 849. The molecule has 1 saturated carbocycles. The first-order chi connectivity index (χ1) is 13.5. The van der Waals surface area contributed by atoms with E-state index in [-0.39, 0.29) is 5.84 Å². The third kappa shape index (κ3) is 2.54. The van der Waals surface area contributed by atoms with E-state index in [2.05, 4.69) is 17.1 Å². The fourth-order valence-corrected chi connectivity index (χ4v) is 4.25. The maximum absolute atomic E-state index is 13.9. The fourth-order valence-electron chi connectivity index (χ4n) is 4.25. The SMILES string of the molecule is CCCCOC1(OCCCC)N=C(N)C2(C#N)C(c3cccc(F)c3)C12C#N. The lowest BCUT2D eigenvalue weighted by Gasteiger charge is -2.32. The molecule has 0 saturated heterocycles. The number of hydrogen-bond donors (Lipinski definition) is 1. The van der Waals surface area contributed by atoms with Crippen molar-refractivity contribution in [1.82, 2.24) is 0 Å². The van der Waals surface area contributed by atoms with E-state index >= 15 is 0 Å². The molecule has 1 heterocycles. The van der Waals surface area contributed by atoms with Crippen LogP contribution in [-0.2, 0) is 9.47 Å². The van der Waals surface area contributed by atoms with Crippen LogP contribution >= 0.6 is 0 Å². The van der Waals surface area contributed by atoms with Crippen molar-refractivity contribution in [3.8, 4) is 12.1 Å². The minimum absolute atomic E-state index is 0.0128. The van der Waals surface area contributed by atoms with Crippen LogP contribution in [0.25, 0.3) is 0 Å². The minimum atomic E-state index is -1.66. The first-order valence-corrected chi connectivity index (χ1v) is 9.71. The second-order valence-corrected chi connectivity index (χ2v) is 7.31. The summed E-state index contributed by atoms with van der Waals surface area (Å²) < 4.78 is 26.0.